The molecule has 3 heterocycles. The molecule has 1 fully saturated rings. The molecule has 144 valence electrons. The molecule has 0 radical (unpaired) electrons. The monoisotopic (exact) mass is 381 g/mol. The lowest BCUT2D eigenvalue weighted by atomic mass is 10.1. The molecule has 9 nitrogen and oxygen atoms in total. The van der Waals surface area contributed by atoms with Crippen LogP contribution in [0.15, 0.2) is 12.7 Å². The Labute approximate surface area is 153 Å². The lowest BCUT2D eigenvalue weighted by Crippen LogP contribution is -2.49. The van der Waals surface area contributed by atoms with Gasteiger partial charge in [0.2, 0.25) is 0 Å². The second-order valence-electron chi connectivity index (χ2n) is 8.16. The molecule has 2 aromatic rings. The second kappa shape index (κ2) is 6.53. The molecule has 0 spiro atoms. The number of aliphatic hydroxyl groups is 2. The van der Waals surface area contributed by atoms with Crippen LogP contribution in [0.25, 0.3) is 11.2 Å². The molecule has 3 rings (SSSR count). The van der Waals surface area contributed by atoms with Crippen molar-refractivity contribution in [2.24, 2.45) is 0 Å². The number of fused-ring (bicyclic) bond motifs is 1. The van der Waals surface area contributed by atoms with Gasteiger partial charge in [0.15, 0.2) is 26.0 Å². The number of nitrogen functional groups attached to an aromatic ring is 1. The van der Waals surface area contributed by atoms with Gasteiger partial charge in [0.05, 0.1) is 12.9 Å². The number of rotatable bonds is 4. The zero-order valence-corrected chi connectivity index (χ0v) is 16.7. The zero-order chi connectivity index (χ0) is 19.3. The van der Waals surface area contributed by atoms with E-state index >= 15 is 0 Å². The van der Waals surface area contributed by atoms with Crippen molar-refractivity contribution >= 4 is 25.3 Å². The summed E-state index contributed by atoms with van der Waals surface area (Å²) in [5.41, 5.74) is 6.73. The molecule has 2 aromatic heterocycles. The van der Waals surface area contributed by atoms with Gasteiger partial charge in [-0.3, -0.25) is 4.57 Å². The molecule has 1 aliphatic rings. The minimum absolute atomic E-state index is 0.0335. The fourth-order valence-electron chi connectivity index (χ4n) is 2.82. The van der Waals surface area contributed by atoms with Crippen LogP contribution in [0.3, 0.4) is 0 Å². The summed E-state index contributed by atoms with van der Waals surface area (Å²) in [6.45, 7) is 10.3. The van der Waals surface area contributed by atoms with Crippen molar-refractivity contribution in [1.82, 2.24) is 19.5 Å². The summed E-state index contributed by atoms with van der Waals surface area (Å²) in [6.07, 6.45) is -0.184. The summed E-state index contributed by atoms with van der Waals surface area (Å²) in [6, 6.07) is 0. The lowest BCUT2D eigenvalue weighted by molar-refractivity contribution is -0.0506. The van der Waals surface area contributed by atoms with Gasteiger partial charge in [-0.25, -0.2) is 15.0 Å². The summed E-state index contributed by atoms with van der Waals surface area (Å²) >= 11 is 0. The highest BCUT2D eigenvalue weighted by Crippen LogP contribution is 2.41. The molecule has 4 atom stereocenters. The van der Waals surface area contributed by atoms with E-state index < -0.39 is 32.9 Å². The number of nitrogens with zero attached hydrogens (tertiary/aromatic N) is 4. The van der Waals surface area contributed by atoms with Crippen LogP contribution in [-0.4, -0.2) is 63.0 Å². The van der Waals surface area contributed by atoms with Gasteiger partial charge in [0.25, 0.3) is 0 Å². The third-order valence-corrected chi connectivity index (χ3v) is 9.86. The zero-order valence-electron chi connectivity index (χ0n) is 15.7. The number of ether oxygens (including phenoxy) is 1. The summed E-state index contributed by atoms with van der Waals surface area (Å²) in [4.78, 5) is 12.3. The van der Waals surface area contributed by atoms with Crippen molar-refractivity contribution in [3.05, 3.63) is 12.7 Å². The summed E-state index contributed by atoms with van der Waals surface area (Å²) < 4.78 is 13.9. The molecule has 4 N–H and O–H groups in total. The van der Waals surface area contributed by atoms with Gasteiger partial charge in [-0.15, -0.1) is 0 Å². The molecular weight excluding hydrogens is 354 g/mol. The van der Waals surface area contributed by atoms with E-state index in [9.17, 15) is 10.2 Å². The van der Waals surface area contributed by atoms with E-state index in [0.717, 1.165) is 0 Å². The van der Waals surface area contributed by atoms with Crippen LogP contribution >= 0.6 is 0 Å². The summed E-state index contributed by atoms with van der Waals surface area (Å²) in [5.74, 6) is 0.258. The Hall–Kier alpha value is -1.59. The van der Waals surface area contributed by atoms with E-state index in [2.05, 4.69) is 48.8 Å². The fraction of sp³-hybridized carbons (Fsp3) is 0.688. The van der Waals surface area contributed by atoms with E-state index in [-0.39, 0.29) is 17.5 Å². The molecule has 0 aliphatic carbocycles. The van der Waals surface area contributed by atoms with Crippen LogP contribution < -0.4 is 5.73 Å². The highest BCUT2D eigenvalue weighted by atomic mass is 28.4. The predicted octanol–water partition coefficient (Wildman–Crippen LogP) is 1.05. The van der Waals surface area contributed by atoms with Gasteiger partial charge in [-0.1, -0.05) is 20.8 Å². The average Bonchev–Trinajstić information content (AvgIpc) is 3.09. The first-order valence-electron chi connectivity index (χ1n) is 8.62. The third kappa shape index (κ3) is 3.12. The molecule has 26 heavy (non-hydrogen) atoms. The first-order valence-corrected chi connectivity index (χ1v) is 11.5. The van der Waals surface area contributed by atoms with Crippen LogP contribution in [0.5, 0.6) is 0 Å². The van der Waals surface area contributed by atoms with E-state index in [1.807, 2.05) is 0 Å². The van der Waals surface area contributed by atoms with Crippen LogP contribution in [0, 0.1) is 0 Å². The Bertz CT molecular complexity index is 791. The number of imidazole rings is 1. The molecule has 0 amide bonds. The average molecular weight is 382 g/mol. The molecule has 1 aliphatic heterocycles. The second-order valence-corrected chi connectivity index (χ2v) is 12.9. The molecule has 0 aromatic carbocycles. The van der Waals surface area contributed by atoms with Crippen molar-refractivity contribution in [3.8, 4) is 0 Å². The topological polar surface area (TPSA) is 129 Å². The Balaban J connectivity index is 1.92. The Morgan fingerprint density at radius 3 is 2.62 bits per heavy atom. The van der Waals surface area contributed by atoms with Crippen molar-refractivity contribution in [2.45, 2.75) is 63.4 Å². The van der Waals surface area contributed by atoms with Crippen LogP contribution in [0.1, 0.15) is 27.0 Å². The maximum Gasteiger partial charge on any atom is 0.192 e. The van der Waals surface area contributed by atoms with Gasteiger partial charge in [0, 0.05) is 0 Å². The van der Waals surface area contributed by atoms with E-state index in [4.69, 9.17) is 14.9 Å². The van der Waals surface area contributed by atoms with Crippen molar-refractivity contribution in [3.63, 3.8) is 0 Å². The van der Waals surface area contributed by atoms with Gasteiger partial charge in [-0.2, -0.15) is 0 Å². The maximum absolute atomic E-state index is 10.9. The summed E-state index contributed by atoms with van der Waals surface area (Å²) in [5, 5.41) is 20.6. The van der Waals surface area contributed by atoms with Crippen LogP contribution in [0.4, 0.5) is 5.82 Å². The van der Waals surface area contributed by atoms with E-state index in [1.54, 1.807) is 4.57 Å². The molecule has 0 saturated carbocycles. The highest BCUT2D eigenvalue weighted by molar-refractivity contribution is 6.74. The number of anilines is 1. The molecule has 0 unspecified atom stereocenters. The number of aliphatic hydroxyl groups excluding tert-OH is 2. The smallest absolute Gasteiger partial charge is 0.192 e. The largest absolute Gasteiger partial charge is 0.408 e. The number of aromatic nitrogens is 4. The number of hydrogen-bond donors (Lipinski definition) is 3. The first-order chi connectivity index (χ1) is 12.1. The maximum atomic E-state index is 10.9. The van der Waals surface area contributed by atoms with Crippen LogP contribution in [0.2, 0.25) is 18.1 Å². The normalized spacial score (nSPS) is 27.3. The van der Waals surface area contributed by atoms with Gasteiger partial charge in [0.1, 0.15) is 30.2 Å². The Kier molecular flexibility index (Phi) is 4.82. The van der Waals surface area contributed by atoms with Gasteiger partial charge in [-0.05, 0) is 18.1 Å². The molecule has 1 saturated heterocycles. The van der Waals surface area contributed by atoms with Crippen LogP contribution in [-0.2, 0) is 9.16 Å². The molecule has 0 bridgehead atoms. The number of nitrogens with two attached hydrogens (primary N) is 1. The van der Waals surface area contributed by atoms with E-state index in [1.165, 1.54) is 12.7 Å². The SMILES string of the molecule is CC(C)(C)[Si](C)(C)O[C@H]1[C@@H](O)[C@H](n2cnc3c(N)ncnc32)O[C@@H]1CO. The van der Waals surface area contributed by atoms with Crippen molar-refractivity contribution < 1.29 is 19.4 Å². The predicted molar refractivity (Wildman–Crippen MR) is 98.8 cm³/mol. The number of hydrogen-bond acceptors (Lipinski definition) is 8. The van der Waals surface area contributed by atoms with E-state index in [0.29, 0.717) is 11.2 Å². The minimum Gasteiger partial charge on any atom is -0.408 e. The highest BCUT2D eigenvalue weighted by Gasteiger charge is 2.50. The fourth-order valence-corrected chi connectivity index (χ4v) is 4.14. The van der Waals surface area contributed by atoms with Gasteiger partial charge >= 0.3 is 0 Å². The lowest BCUT2D eigenvalue weighted by Gasteiger charge is -2.39. The summed E-state index contributed by atoms with van der Waals surface area (Å²) in [7, 11) is -2.17. The Morgan fingerprint density at radius 1 is 1.31 bits per heavy atom. The van der Waals surface area contributed by atoms with Gasteiger partial charge < -0.3 is 25.1 Å². The standard InChI is InChI=1S/C16H27N5O4Si/c1-16(2,3)26(4,5)25-12-9(6-22)24-15(11(12)23)21-8-20-10-13(17)18-7-19-14(10)21/h7-9,11-12,15,22-23H,6H2,1-5H3,(H2,17,18,19)/t9-,11-,12-,15-/m1/s1. The Morgan fingerprint density at radius 2 is 2.00 bits per heavy atom. The van der Waals surface area contributed by atoms with Crippen molar-refractivity contribution in [1.29, 1.82) is 0 Å². The van der Waals surface area contributed by atoms with Crippen molar-refractivity contribution in [2.75, 3.05) is 12.3 Å². The third-order valence-electron chi connectivity index (χ3n) is 5.39. The quantitative estimate of drug-likeness (QED) is 0.670. The molecule has 10 heteroatoms. The minimum atomic E-state index is -2.17. The first kappa shape index (κ1) is 19.2. The molecular formula is C16H27N5O4Si.